The van der Waals surface area contributed by atoms with E-state index in [9.17, 15) is 14.7 Å². The lowest BCUT2D eigenvalue weighted by Gasteiger charge is -2.12. The fraction of sp³-hybridized carbons (Fsp3) is 0.333. The fourth-order valence-corrected chi connectivity index (χ4v) is 1.78. The Hall–Kier alpha value is -2.04. The second-order valence-electron chi connectivity index (χ2n) is 4.17. The van der Waals surface area contributed by atoms with Gasteiger partial charge >= 0.3 is 0 Å². The first-order chi connectivity index (χ1) is 8.06. The van der Waals surface area contributed by atoms with Crippen LogP contribution in [-0.4, -0.2) is 23.0 Å². The third kappa shape index (κ3) is 2.55. The molecule has 1 heterocycles. The van der Waals surface area contributed by atoms with Gasteiger partial charge in [0.15, 0.2) is 0 Å². The van der Waals surface area contributed by atoms with Gasteiger partial charge in [-0.15, -0.1) is 0 Å². The summed E-state index contributed by atoms with van der Waals surface area (Å²) in [6.45, 7) is 1.85. The molecule has 0 aliphatic carbocycles. The van der Waals surface area contributed by atoms with Gasteiger partial charge in [0, 0.05) is 6.42 Å². The maximum absolute atomic E-state index is 11.8. The van der Waals surface area contributed by atoms with Gasteiger partial charge in [0.25, 0.3) is 0 Å². The number of carbonyl (C=O) groups is 2. The summed E-state index contributed by atoms with van der Waals surface area (Å²) in [6.07, 6.45) is 0.870. The number of carbonyl (C=O) groups excluding carboxylic acids is 2. The fourth-order valence-electron chi connectivity index (χ4n) is 1.78. The summed E-state index contributed by atoms with van der Waals surface area (Å²) in [5, 5.41) is 14.8. The van der Waals surface area contributed by atoms with Gasteiger partial charge in [0.2, 0.25) is 11.8 Å². The molecule has 5 heteroatoms. The minimum absolute atomic E-state index is 0.0303. The predicted molar refractivity (Wildman–Crippen MR) is 62.6 cm³/mol. The van der Waals surface area contributed by atoms with E-state index in [1.54, 1.807) is 18.2 Å². The number of amides is 2. The van der Waals surface area contributed by atoms with E-state index >= 15 is 0 Å². The van der Waals surface area contributed by atoms with Crippen molar-refractivity contribution in [2.75, 3.05) is 5.32 Å². The van der Waals surface area contributed by atoms with E-state index in [-0.39, 0.29) is 17.6 Å². The molecule has 0 unspecified atom stereocenters. The molecule has 1 aromatic carbocycles. The molecule has 0 aromatic heterocycles. The lowest BCUT2D eigenvalue weighted by atomic mass is 10.2. The maximum Gasteiger partial charge on any atom is 0.247 e. The Labute approximate surface area is 98.8 Å². The molecule has 17 heavy (non-hydrogen) atoms. The number of phenols is 1. The lowest BCUT2D eigenvalue weighted by molar-refractivity contribution is -0.122. The Bertz CT molecular complexity index is 471. The molecule has 2 amide bonds. The number of benzene rings is 1. The van der Waals surface area contributed by atoms with Crippen molar-refractivity contribution >= 4 is 17.5 Å². The van der Waals surface area contributed by atoms with Gasteiger partial charge < -0.3 is 15.7 Å². The summed E-state index contributed by atoms with van der Waals surface area (Å²) in [5.41, 5.74) is 1.27. The number of anilines is 1. The zero-order chi connectivity index (χ0) is 12.4. The van der Waals surface area contributed by atoms with Crippen LogP contribution in [0.25, 0.3) is 0 Å². The summed E-state index contributed by atoms with van der Waals surface area (Å²) >= 11 is 0. The normalized spacial score (nSPS) is 18.9. The topological polar surface area (TPSA) is 78.4 Å². The van der Waals surface area contributed by atoms with Crippen LogP contribution in [-0.2, 0) is 9.59 Å². The minimum atomic E-state index is -0.497. The van der Waals surface area contributed by atoms with Gasteiger partial charge in [0.1, 0.15) is 11.8 Å². The molecule has 0 bridgehead atoms. The number of aromatic hydroxyl groups is 1. The molecule has 1 fully saturated rings. The minimum Gasteiger partial charge on any atom is -0.506 e. The van der Waals surface area contributed by atoms with Crippen LogP contribution in [0, 0.1) is 6.92 Å². The summed E-state index contributed by atoms with van der Waals surface area (Å²) in [4.78, 5) is 22.7. The van der Waals surface area contributed by atoms with E-state index in [1.807, 2.05) is 6.92 Å². The number of hydrogen-bond donors (Lipinski definition) is 3. The molecular formula is C12H14N2O3. The Morgan fingerprint density at radius 2 is 2.29 bits per heavy atom. The van der Waals surface area contributed by atoms with Crippen LogP contribution < -0.4 is 10.6 Å². The number of phenolic OH excluding ortho intramolecular Hbond substituents is 1. The number of hydrogen-bond acceptors (Lipinski definition) is 3. The van der Waals surface area contributed by atoms with E-state index in [4.69, 9.17) is 0 Å². The number of rotatable bonds is 2. The van der Waals surface area contributed by atoms with Crippen LogP contribution in [0.3, 0.4) is 0 Å². The standard InChI is InChI=1S/C12H14N2O3/c1-7-2-3-8(10(15)6-7)14-12(17)9-4-5-11(16)13-9/h2-3,6,9,15H,4-5H2,1H3,(H,13,16)(H,14,17)/t9-/m1/s1. The van der Waals surface area contributed by atoms with Crippen LogP contribution in [0.5, 0.6) is 5.75 Å². The molecule has 2 rings (SSSR count). The largest absolute Gasteiger partial charge is 0.506 e. The smallest absolute Gasteiger partial charge is 0.247 e. The molecular weight excluding hydrogens is 220 g/mol. The second-order valence-corrected chi connectivity index (χ2v) is 4.17. The van der Waals surface area contributed by atoms with Gasteiger partial charge in [0.05, 0.1) is 5.69 Å². The molecule has 1 atom stereocenters. The SMILES string of the molecule is Cc1ccc(NC(=O)[C@H]2CCC(=O)N2)c(O)c1. The Balaban J connectivity index is 2.05. The highest BCUT2D eigenvalue weighted by atomic mass is 16.3. The van der Waals surface area contributed by atoms with Crippen LogP contribution >= 0.6 is 0 Å². The van der Waals surface area contributed by atoms with Crippen molar-refractivity contribution in [1.82, 2.24) is 5.32 Å². The summed E-state index contributed by atoms with van der Waals surface area (Å²) < 4.78 is 0. The second kappa shape index (κ2) is 4.45. The van der Waals surface area contributed by atoms with Crippen molar-refractivity contribution in [2.24, 2.45) is 0 Å². The highest BCUT2D eigenvalue weighted by molar-refractivity contribution is 5.99. The van der Waals surface area contributed by atoms with Crippen molar-refractivity contribution in [2.45, 2.75) is 25.8 Å². The Morgan fingerprint density at radius 1 is 1.53 bits per heavy atom. The van der Waals surface area contributed by atoms with E-state index in [1.165, 1.54) is 0 Å². The van der Waals surface area contributed by atoms with Gasteiger partial charge in [-0.2, -0.15) is 0 Å². The lowest BCUT2D eigenvalue weighted by Crippen LogP contribution is -2.37. The highest BCUT2D eigenvalue weighted by Crippen LogP contribution is 2.24. The summed E-state index contributed by atoms with van der Waals surface area (Å²) in [5.74, 6) is -0.379. The van der Waals surface area contributed by atoms with Gasteiger partial charge in [-0.3, -0.25) is 9.59 Å². The van der Waals surface area contributed by atoms with E-state index < -0.39 is 6.04 Å². The van der Waals surface area contributed by atoms with Gasteiger partial charge in [-0.05, 0) is 31.0 Å². The summed E-state index contributed by atoms with van der Waals surface area (Å²) in [6, 6.07) is 4.51. The van der Waals surface area contributed by atoms with Gasteiger partial charge in [-0.1, -0.05) is 6.07 Å². The van der Waals surface area contributed by atoms with Crippen LogP contribution in [0.2, 0.25) is 0 Å². The molecule has 90 valence electrons. The molecule has 1 aliphatic heterocycles. The van der Waals surface area contributed by atoms with Crippen LogP contribution in [0.1, 0.15) is 18.4 Å². The number of aryl methyl sites for hydroxylation is 1. The molecule has 5 nitrogen and oxygen atoms in total. The Kier molecular flexibility index (Phi) is 2.99. The molecule has 1 aliphatic rings. The molecule has 0 spiro atoms. The zero-order valence-corrected chi connectivity index (χ0v) is 9.49. The first-order valence-corrected chi connectivity index (χ1v) is 5.46. The first kappa shape index (κ1) is 11.4. The molecule has 0 radical (unpaired) electrons. The van der Waals surface area contributed by atoms with E-state index in [0.29, 0.717) is 18.5 Å². The molecule has 3 N–H and O–H groups in total. The predicted octanol–water partition coefficient (Wildman–Crippen LogP) is 0.918. The highest BCUT2D eigenvalue weighted by Gasteiger charge is 2.27. The third-order valence-electron chi connectivity index (χ3n) is 2.72. The third-order valence-corrected chi connectivity index (χ3v) is 2.72. The molecule has 1 aromatic rings. The quantitative estimate of drug-likeness (QED) is 0.666. The van der Waals surface area contributed by atoms with Gasteiger partial charge in [-0.25, -0.2) is 0 Å². The Morgan fingerprint density at radius 3 is 2.88 bits per heavy atom. The van der Waals surface area contributed by atoms with E-state index in [0.717, 1.165) is 5.56 Å². The maximum atomic E-state index is 11.8. The van der Waals surface area contributed by atoms with E-state index in [2.05, 4.69) is 10.6 Å². The molecule has 0 saturated carbocycles. The van der Waals surface area contributed by atoms with Crippen molar-refractivity contribution in [3.63, 3.8) is 0 Å². The van der Waals surface area contributed by atoms with Crippen molar-refractivity contribution in [3.05, 3.63) is 23.8 Å². The van der Waals surface area contributed by atoms with Crippen LogP contribution in [0.15, 0.2) is 18.2 Å². The van der Waals surface area contributed by atoms with Crippen molar-refractivity contribution in [1.29, 1.82) is 0 Å². The average Bonchev–Trinajstić information content (AvgIpc) is 2.69. The molecule has 1 saturated heterocycles. The average molecular weight is 234 g/mol. The number of nitrogens with one attached hydrogen (secondary N) is 2. The zero-order valence-electron chi connectivity index (χ0n) is 9.49. The monoisotopic (exact) mass is 234 g/mol. The van der Waals surface area contributed by atoms with Crippen LogP contribution in [0.4, 0.5) is 5.69 Å². The van der Waals surface area contributed by atoms with Crippen molar-refractivity contribution in [3.8, 4) is 5.75 Å². The summed E-state index contributed by atoms with van der Waals surface area (Å²) in [7, 11) is 0. The van der Waals surface area contributed by atoms with Crippen molar-refractivity contribution < 1.29 is 14.7 Å². The first-order valence-electron chi connectivity index (χ1n) is 5.46.